The van der Waals surface area contributed by atoms with E-state index >= 15 is 0 Å². The van der Waals surface area contributed by atoms with E-state index in [0.29, 0.717) is 0 Å². The fraction of sp³-hybridized carbons (Fsp3) is 0. The fourth-order valence-corrected chi connectivity index (χ4v) is 3.84. The number of thiazole rings is 1. The minimum atomic E-state index is 1.05. The lowest BCUT2D eigenvalue weighted by Gasteiger charge is -1.93. The highest BCUT2D eigenvalue weighted by Gasteiger charge is 2.08. The van der Waals surface area contributed by atoms with Crippen LogP contribution in [0.5, 0.6) is 0 Å². The van der Waals surface area contributed by atoms with Crippen molar-refractivity contribution in [3.63, 3.8) is 0 Å². The van der Waals surface area contributed by atoms with Crippen molar-refractivity contribution in [2.45, 2.75) is 0 Å². The number of nitrogens with zero attached hydrogens (tertiary/aromatic N) is 1. The highest BCUT2D eigenvalue weighted by Crippen LogP contribution is 2.35. The van der Waals surface area contributed by atoms with Crippen molar-refractivity contribution in [2.75, 3.05) is 0 Å². The molecule has 1 nitrogen and oxygen atoms in total. The normalized spacial score (nSPS) is 10.6. The van der Waals surface area contributed by atoms with Crippen molar-refractivity contribution in [1.82, 2.24) is 4.98 Å². The summed E-state index contributed by atoms with van der Waals surface area (Å²) in [4.78, 5) is 5.88. The van der Waals surface area contributed by atoms with Gasteiger partial charge in [0.15, 0.2) is 0 Å². The van der Waals surface area contributed by atoms with Crippen LogP contribution in [0.4, 0.5) is 0 Å². The van der Waals surface area contributed by atoms with E-state index in [2.05, 4.69) is 50.6 Å². The highest BCUT2D eigenvalue weighted by molar-refractivity contribution is 9.11. The van der Waals surface area contributed by atoms with Crippen molar-refractivity contribution in [3.05, 3.63) is 51.6 Å². The monoisotopic (exact) mass is 321 g/mol. The standard InChI is InChI=1S/C13H8BrNS2/c14-12-7-6-11(17-12)13-15-10(8-16-13)9-4-2-1-3-5-9/h1-8H. The van der Waals surface area contributed by atoms with Crippen LogP contribution in [-0.4, -0.2) is 4.98 Å². The largest absolute Gasteiger partial charge is 0.235 e. The molecule has 0 aliphatic carbocycles. The number of benzene rings is 1. The molecule has 0 amide bonds. The number of hydrogen-bond acceptors (Lipinski definition) is 3. The molecule has 0 aliphatic heterocycles. The van der Waals surface area contributed by atoms with Crippen LogP contribution in [0.2, 0.25) is 0 Å². The van der Waals surface area contributed by atoms with Crippen LogP contribution in [0.1, 0.15) is 0 Å². The van der Waals surface area contributed by atoms with Crippen LogP contribution in [-0.2, 0) is 0 Å². The molecule has 2 aromatic heterocycles. The lowest BCUT2D eigenvalue weighted by atomic mass is 10.2. The summed E-state index contributed by atoms with van der Waals surface area (Å²) < 4.78 is 1.14. The average molecular weight is 322 g/mol. The molecule has 0 fully saturated rings. The van der Waals surface area contributed by atoms with Crippen LogP contribution in [0.25, 0.3) is 21.1 Å². The van der Waals surface area contributed by atoms with Gasteiger partial charge in [0.05, 0.1) is 14.4 Å². The third-order valence-electron chi connectivity index (χ3n) is 2.36. The van der Waals surface area contributed by atoms with Gasteiger partial charge in [0.1, 0.15) is 5.01 Å². The summed E-state index contributed by atoms with van der Waals surface area (Å²) in [5, 5.41) is 3.19. The molecular formula is C13H8BrNS2. The summed E-state index contributed by atoms with van der Waals surface area (Å²) in [5.74, 6) is 0. The van der Waals surface area contributed by atoms with Gasteiger partial charge in [-0.15, -0.1) is 22.7 Å². The van der Waals surface area contributed by atoms with E-state index in [4.69, 9.17) is 0 Å². The molecule has 0 aliphatic rings. The molecule has 3 aromatic rings. The maximum Gasteiger partial charge on any atom is 0.134 e. The van der Waals surface area contributed by atoms with Crippen molar-refractivity contribution in [2.24, 2.45) is 0 Å². The first-order valence-electron chi connectivity index (χ1n) is 5.09. The van der Waals surface area contributed by atoms with Gasteiger partial charge < -0.3 is 0 Å². The highest BCUT2D eigenvalue weighted by atomic mass is 79.9. The van der Waals surface area contributed by atoms with Gasteiger partial charge in [-0.2, -0.15) is 0 Å². The summed E-state index contributed by atoms with van der Waals surface area (Å²) in [7, 11) is 0. The van der Waals surface area contributed by atoms with E-state index in [0.717, 1.165) is 14.5 Å². The Morgan fingerprint density at radius 2 is 1.82 bits per heavy atom. The minimum absolute atomic E-state index is 1.05. The van der Waals surface area contributed by atoms with Gasteiger partial charge in [0, 0.05) is 10.9 Å². The average Bonchev–Trinajstić information content (AvgIpc) is 2.98. The molecule has 3 rings (SSSR count). The smallest absolute Gasteiger partial charge is 0.134 e. The predicted octanol–water partition coefficient (Wildman–Crippen LogP) is 5.30. The maximum atomic E-state index is 4.67. The van der Waals surface area contributed by atoms with Gasteiger partial charge in [0.25, 0.3) is 0 Å². The summed E-state index contributed by atoms with van der Waals surface area (Å²) in [6.45, 7) is 0. The Bertz CT molecular complexity index is 628. The van der Waals surface area contributed by atoms with Gasteiger partial charge >= 0.3 is 0 Å². The molecule has 0 radical (unpaired) electrons. The molecular weight excluding hydrogens is 314 g/mol. The third kappa shape index (κ3) is 2.34. The molecule has 0 saturated heterocycles. The number of thiophene rings is 1. The van der Waals surface area contributed by atoms with E-state index in [1.54, 1.807) is 22.7 Å². The fourth-order valence-electron chi connectivity index (χ4n) is 1.56. The summed E-state index contributed by atoms with van der Waals surface area (Å²) in [6.07, 6.45) is 0. The van der Waals surface area contributed by atoms with E-state index < -0.39 is 0 Å². The molecule has 4 heteroatoms. The molecule has 0 bridgehead atoms. The van der Waals surface area contributed by atoms with E-state index in [-0.39, 0.29) is 0 Å². The van der Waals surface area contributed by atoms with Crippen LogP contribution in [0, 0.1) is 0 Å². The van der Waals surface area contributed by atoms with Crippen molar-refractivity contribution in [3.8, 4) is 21.1 Å². The van der Waals surface area contributed by atoms with E-state index in [1.165, 1.54) is 10.4 Å². The minimum Gasteiger partial charge on any atom is -0.235 e. The Morgan fingerprint density at radius 1 is 1.00 bits per heavy atom. The maximum absolute atomic E-state index is 4.67. The van der Waals surface area contributed by atoms with Crippen LogP contribution in [0.15, 0.2) is 51.6 Å². The lowest BCUT2D eigenvalue weighted by molar-refractivity contribution is 1.41. The second-order valence-corrected chi connectivity index (χ2v) is 6.83. The Balaban J connectivity index is 1.99. The number of rotatable bonds is 2. The van der Waals surface area contributed by atoms with Crippen LogP contribution < -0.4 is 0 Å². The quantitative estimate of drug-likeness (QED) is 0.624. The van der Waals surface area contributed by atoms with Gasteiger partial charge in [-0.25, -0.2) is 4.98 Å². The third-order valence-corrected chi connectivity index (χ3v) is 4.99. The van der Waals surface area contributed by atoms with Crippen LogP contribution in [0.3, 0.4) is 0 Å². The topological polar surface area (TPSA) is 12.9 Å². The molecule has 1 aromatic carbocycles. The van der Waals surface area contributed by atoms with Crippen molar-refractivity contribution >= 4 is 38.6 Å². The summed E-state index contributed by atoms with van der Waals surface area (Å²) in [6, 6.07) is 14.4. The number of halogens is 1. The second-order valence-electron chi connectivity index (χ2n) is 3.51. The lowest BCUT2D eigenvalue weighted by Crippen LogP contribution is -1.76. The molecule has 0 saturated carbocycles. The zero-order valence-corrected chi connectivity index (χ0v) is 12.0. The molecule has 84 valence electrons. The van der Waals surface area contributed by atoms with Crippen molar-refractivity contribution < 1.29 is 0 Å². The second kappa shape index (κ2) is 4.72. The Kier molecular flexibility index (Phi) is 3.09. The first kappa shape index (κ1) is 11.1. The molecule has 0 spiro atoms. The molecule has 0 unspecified atom stereocenters. The van der Waals surface area contributed by atoms with Crippen LogP contribution >= 0.6 is 38.6 Å². The summed E-state index contributed by atoms with van der Waals surface area (Å²) in [5.41, 5.74) is 2.22. The summed E-state index contributed by atoms with van der Waals surface area (Å²) >= 11 is 6.88. The molecule has 0 atom stereocenters. The Hall–Kier alpha value is -0.970. The first-order chi connectivity index (χ1) is 8.33. The molecule has 2 heterocycles. The first-order valence-corrected chi connectivity index (χ1v) is 7.58. The number of hydrogen-bond donors (Lipinski definition) is 0. The van der Waals surface area contributed by atoms with Gasteiger partial charge in [-0.1, -0.05) is 30.3 Å². The zero-order chi connectivity index (χ0) is 11.7. The predicted molar refractivity (Wildman–Crippen MR) is 78.6 cm³/mol. The number of aromatic nitrogens is 1. The van der Waals surface area contributed by atoms with Gasteiger partial charge in [0.2, 0.25) is 0 Å². The Morgan fingerprint density at radius 3 is 2.53 bits per heavy atom. The SMILES string of the molecule is Brc1ccc(-c2nc(-c3ccccc3)cs2)s1. The molecule has 0 N–H and O–H groups in total. The van der Waals surface area contributed by atoms with Crippen molar-refractivity contribution in [1.29, 1.82) is 0 Å². The zero-order valence-electron chi connectivity index (χ0n) is 8.76. The van der Waals surface area contributed by atoms with E-state index in [9.17, 15) is 0 Å². The van der Waals surface area contributed by atoms with Gasteiger partial charge in [-0.3, -0.25) is 0 Å². The van der Waals surface area contributed by atoms with Gasteiger partial charge in [-0.05, 0) is 28.1 Å². The van der Waals surface area contributed by atoms with E-state index in [1.807, 2.05) is 18.2 Å². The molecule has 17 heavy (non-hydrogen) atoms. The Labute approximate surface area is 116 Å².